The topological polar surface area (TPSA) is 128 Å². The SMILES string of the molecule is CCN(CC)c1ccc2c(-c3cc(C(=O)NCc4c(O)c(=O)cc(C)n4C)ccc3C(=O)O)c3ccc(=[N+](CC)CC)cc-3oc2c1. The molecule has 0 bridgehead atoms. The predicted molar refractivity (Wildman–Crippen MR) is 184 cm³/mol. The first-order valence-electron chi connectivity index (χ1n) is 15.9. The van der Waals surface area contributed by atoms with Crippen LogP contribution in [0.4, 0.5) is 5.69 Å². The van der Waals surface area contributed by atoms with Crippen LogP contribution in [0.3, 0.4) is 0 Å². The van der Waals surface area contributed by atoms with Gasteiger partial charge in [-0.05, 0) is 76.6 Å². The average molecular weight is 638 g/mol. The first kappa shape index (κ1) is 33.0. The molecule has 2 aliphatic rings. The third-order valence-corrected chi connectivity index (χ3v) is 8.92. The molecule has 0 radical (unpaired) electrons. The lowest BCUT2D eigenvalue weighted by Crippen LogP contribution is -2.29. The van der Waals surface area contributed by atoms with E-state index in [0.29, 0.717) is 39.1 Å². The van der Waals surface area contributed by atoms with Crippen molar-refractivity contribution in [3.63, 3.8) is 0 Å². The summed E-state index contributed by atoms with van der Waals surface area (Å²) in [6.07, 6.45) is 0. The molecule has 0 unspecified atom stereocenters. The molecule has 1 aliphatic carbocycles. The van der Waals surface area contributed by atoms with E-state index in [1.807, 2.05) is 36.4 Å². The molecule has 10 heteroatoms. The second-order valence-electron chi connectivity index (χ2n) is 11.4. The second-order valence-corrected chi connectivity index (χ2v) is 11.4. The van der Waals surface area contributed by atoms with Crippen LogP contribution in [0.15, 0.2) is 69.9 Å². The Labute approximate surface area is 273 Å². The Morgan fingerprint density at radius 1 is 0.936 bits per heavy atom. The summed E-state index contributed by atoms with van der Waals surface area (Å²) >= 11 is 0. The van der Waals surface area contributed by atoms with E-state index in [9.17, 15) is 24.6 Å². The van der Waals surface area contributed by atoms with Crippen LogP contribution in [-0.2, 0) is 13.6 Å². The van der Waals surface area contributed by atoms with Gasteiger partial charge in [-0.1, -0.05) is 0 Å². The molecule has 2 heterocycles. The van der Waals surface area contributed by atoms with Crippen LogP contribution in [0, 0.1) is 6.92 Å². The number of hydrogen-bond donors (Lipinski definition) is 3. The largest absolute Gasteiger partial charge is 0.503 e. The number of carboxylic acids is 1. The van der Waals surface area contributed by atoms with Crippen molar-refractivity contribution in [1.82, 2.24) is 14.5 Å². The van der Waals surface area contributed by atoms with E-state index in [0.717, 1.165) is 37.2 Å². The molecule has 5 rings (SSSR count). The number of carbonyl (C=O) groups is 2. The predicted octanol–water partition coefficient (Wildman–Crippen LogP) is 5.20. The van der Waals surface area contributed by atoms with Crippen molar-refractivity contribution in [2.45, 2.75) is 41.2 Å². The third-order valence-electron chi connectivity index (χ3n) is 8.92. The normalized spacial score (nSPS) is 11.2. The maximum absolute atomic E-state index is 13.5. The lowest BCUT2D eigenvalue weighted by molar-refractivity contribution is 0.0697. The standard InChI is InChI=1S/C37H40N4O6/c1-7-40(8-2)24-12-15-27-32(19-24)47-33-20-25(41(9-3)10-4)13-16-28(33)34(27)29-18-23(11-14-26(29)37(45)46)36(44)38-21-30-35(43)31(42)17-22(5)39(30)6/h11-20H,7-10,21H2,1-6H3,(H2-,38,43,44,45,46)/p+1. The Morgan fingerprint density at radius 3 is 2.32 bits per heavy atom. The Hall–Kier alpha value is -5.38. The molecular formula is C37H41N4O6+. The van der Waals surface area contributed by atoms with Gasteiger partial charge in [0.2, 0.25) is 10.8 Å². The van der Waals surface area contributed by atoms with Crippen molar-refractivity contribution in [2.24, 2.45) is 7.05 Å². The van der Waals surface area contributed by atoms with Crippen LogP contribution < -0.4 is 25.6 Å². The van der Waals surface area contributed by atoms with E-state index in [1.165, 1.54) is 18.2 Å². The highest BCUT2D eigenvalue weighted by atomic mass is 16.4. The highest BCUT2D eigenvalue weighted by Gasteiger charge is 2.24. The summed E-state index contributed by atoms with van der Waals surface area (Å²) in [7, 11) is 1.70. The number of carboxylic acid groups (broad SMARTS) is 1. The Morgan fingerprint density at radius 2 is 1.66 bits per heavy atom. The number of fused-ring (bicyclic) bond motifs is 2. The number of aromatic hydroxyl groups is 1. The van der Waals surface area contributed by atoms with Crippen LogP contribution in [0.2, 0.25) is 0 Å². The van der Waals surface area contributed by atoms with Crippen molar-refractivity contribution < 1.29 is 24.2 Å². The Bertz CT molecular complexity index is 2100. The first-order chi connectivity index (χ1) is 22.5. The number of hydrogen-bond acceptors (Lipinski definition) is 6. The molecule has 1 amide bonds. The lowest BCUT2D eigenvalue weighted by Gasteiger charge is -2.22. The number of amides is 1. The van der Waals surface area contributed by atoms with Crippen molar-refractivity contribution >= 4 is 28.5 Å². The molecule has 1 aromatic heterocycles. The monoisotopic (exact) mass is 637 g/mol. The van der Waals surface area contributed by atoms with Gasteiger partial charge in [-0.25, -0.2) is 9.37 Å². The maximum atomic E-state index is 13.5. The molecular weight excluding hydrogens is 596 g/mol. The molecule has 1 aliphatic heterocycles. The van der Waals surface area contributed by atoms with Gasteiger partial charge in [-0.15, -0.1) is 0 Å². The summed E-state index contributed by atoms with van der Waals surface area (Å²) in [6.45, 7) is 13.2. The molecule has 0 atom stereocenters. The summed E-state index contributed by atoms with van der Waals surface area (Å²) in [5.74, 6) is -1.46. The van der Waals surface area contributed by atoms with Crippen LogP contribution in [0.1, 0.15) is 59.8 Å². The summed E-state index contributed by atoms with van der Waals surface area (Å²) < 4.78 is 10.4. The Kier molecular flexibility index (Phi) is 9.51. The molecule has 244 valence electrons. The van der Waals surface area contributed by atoms with Crippen LogP contribution in [-0.4, -0.2) is 52.8 Å². The molecule has 2 aromatic carbocycles. The number of benzene rings is 3. The molecule has 10 nitrogen and oxygen atoms in total. The number of pyridine rings is 1. The zero-order valence-electron chi connectivity index (χ0n) is 27.7. The summed E-state index contributed by atoms with van der Waals surface area (Å²) in [5, 5.41) is 25.2. The minimum atomic E-state index is -1.13. The van der Waals surface area contributed by atoms with E-state index >= 15 is 0 Å². The number of nitrogens with zero attached hydrogens (tertiary/aromatic N) is 3. The van der Waals surface area contributed by atoms with Gasteiger partial charge in [0.1, 0.15) is 24.4 Å². The molecule has 0 fully saturated rings. The van der Waals surface area contributed by atoms with Gasteiger partial charge in [0.05, 0.1) is 23.9 Å². The van der Waals surface area contributed by atoms with Gasteiger partial charge in [0.25, 0.3) is 5.91 Å². The molecule has 3 aromatic rings. The van der Waals surface area contributed by atoms with Crippen LogP contribution >= 0.6 is 0 Å². The smallest absolute Gasteiger partial charge is 0.336 e. The van der Waals surface area contributed by atoms with E-state index < -0.39 is 23.1 Å². The molecule has 0 saturated carbocycles. The van der Waals surface area contributed by atoms with Crippen LogP contribution in [0.5, 0.6) is 5.75 Å². The van der Waals surface area contributed by atoms with E-state index in [-0.39, 0.29) is 23.4 Å². The van der Waals surface area contributed by atoms with Crippen molar-refractivity contribution in [3.05, 3.63) is 98.8 Å². The lowest BCUT2D eigenvalue weighted by atomic mass is 9.89. The molecule has 3 N–H and O–H groups in total. The van der Waals surface area contributed by atoms with Gasteiger partial charge in [0, 0.05) is 71.8 Å². The summed E-state index contributed by atoms with van der Waals surface area (Å²) in [4.78, 5) is 40.6. The number of aryl methyl sites for hydroxylation is 1. The number of aromatic carboxylic acids is 1. The maximum Gasteiger partial charge on any atom is 0.336 e. The summed E-state index contributed by atoms with van der Waals surface area (Å²) in [5.41, 5.74) is 3.93. The fraction of sp³-hybridized carbons (Fsp3) is 0.297. The highest BCUT2D eigenvalue weighted by molar-refractivity contribution is 6.09. The van der Waals surface area contributed by atoms with Crippen molar-refractivity contribution in [3.8, 4) is 28.2 Å². The third kappa shape index (κ3) is 6.23. The Balaban J connectivity index is 1.72. The highest BCUT2D eigenvalue weighted by Crippen LogP contribution is 2.42. The van der Waals surface area contributed by atoms with Gasteiger partial charge >= 0.3 is 5.97 Å². The number of nitrogens with one attached hydrogen (secondary N) is 1. The molecule has 47 heavy (non-hydrogen) atoms. The van der Waals surface area contributed by atoms with Crippen molar-refractivity contribution in [1.29, 1.82) is 0 Å². The van der Waals surface area contributed by atoms with Gasteiger partial charge in [-0.2, -0.15) is 0 Å². The zero-order chi connectivity index (χ0) is 34.0. The van der Waals surface area contributed by atoms with Crippen LogP contribution in [0.25, 0.3) is 33.4 Å². The minimum absolute atomic E-state index is 0.0368. The van der Waals surface area contributed by atoms with E-state index in [4.69, 9.17) is 4.42 Å². The zero-order valence-corrected chi connectivity index (χ0v) is 27.7. The van der Waals surface area contributed by atoms with Gasteiger partial charge < -0.3 is 29.4 Å². The fourth-order valence-corrected chi connectivity index (χ4v) is 6.14. The molecule has 0 spiro atoms. The van der Waals surface area contributed by atoms with Gasteiger partial charge in [-0.3, -0.25) is 9.59 Å². The first-order valence-corrected chi connectivity index (χ1v) is 15.9. The number of anilines is 1. The van der Waals surface area contributed by atoms with Crippen molar-refractivity contribution in [2.75, 3.05) is 31.1 Å². The number of aromatic nitrogens is 1. The number of rotatable bonds is 10. The second kappa shape index (κ2) is 13.5. The van der Waals surface area contributed by atoms with Gasteiger partial charge in [0.15, 0.2) is 5.75 Å². The number of carbonyl (C=O) groups excluding carboxylic acids is 1. The average Bonchev–Trinajstić information content (AvgIpc) is 3.06. The quantitative estimate of drug-likeness (QED) is 0.142. The van der Waals surface area contributed by atoms with E-state index in [2.05, 4.69) is 42.5 Å². The fourth-order valence-electron chi connectivity index (χ4n) is 6.14. The molecule has 0 saturated heterocycles. The summed E-state index contributed by atoms with van der Waals surface area (Å²) in [6, 6.07) is 17.6. The minimum Gasteiger partial charge on any atom is -0.503 e. The van der Waals surface area contributed by atoms with E-state index in [1.54, 1.807) is 24.6 Å².